The monoisotopic (exact) mass is 521 g/mol. The summed E-state index contributed by atoms with van der Waals surface area (Å²) in [6, 6.07) is 10.9. The fourth-order valence-corrected chi connectivity index (χ4v) is 4.34. The van der Waals surface area contributed by atoms with E-state index in [0.29, 0.717) is 18.0 Å². The first-order chi connectivity index (χ1) is 17.0. The standard InChI is InChI=1S/C25H35N3O7S/c1-7-14-26-25(30)18(2)27(16-19-8-10-20(33-3)11-9-19)24(29)17-28(36(6,31)32)22-15-21(34-4)12-13-23(22)35-5/h8-13,15,18H,7,14,16-17H2,1-6H3,(H,26,30)/t18-/m1/s1. The number of benzene rings is 2. The van der Waals surface area contributed by atoms with E-state index < -0.39 is 28.5 Å². The van der Waals surface area contributed by atoms with Gasteiger partial charge in [-0.2, -0.15) is 0 Å². The highest BCUT2D eigenvalue weighted by molar-refractivity contribution is 7.92. The molecule has 11 heteroatoms. The lowest BCUT2D eigenvalue weighted by Gasteiger charge is -2.32. The molecule has 1 atom stereocenters. The first kappa shape index (κ1) is 28.8. The Hall–Kier alpha value is -3.47. The summed E-state index contributed by atoms with van der Waals surface area (Å²) in [5.41, 5.74) is 0.907. The van der Waals surface area contributed by atoms with Crippen molar-refractivity contribution in [2.45, 2.75) is 32.9 Å². The van der Waals surface area contributed by atoms with Gasteiger partial charge in [0.05, 0.1) is 33.3 Å². The Morgan fingerprint density at radius 1 is 0.972 bits per heavy atom. The number of hydrogen-bond donors (Lipinski definition) is 1. The van der Waals surface area contributed by atoms with Gasteiger partial charge in [0, 0.05) is 19.2 Å². The fraction of sp³-hybridized carbons (Fsp3) is 0.440. The highest BCUT2D eigenvalue weighted by Crippen LogP contribution is 2.34. The summed E-state index contributed by atoms with van der Waals surface area (Å²) in [5.74, 6) is 0.418. The van der Waals surface area contributed by atoms with Gasteiger partial charge in [0.15, 0.2) is 0 Å². The molecule has 0 aromatic heterocycles. The smallest absolute Gasteiger partial charge is 0.244 e. The molecular formula is C25H35N3O7S. The zero-order valence-corrected chi connectivity index (χ0v) is 22.4. The molecule has 0 saturated heterocycles. The third-order valence-electron chi connectivity index (χ3n) is 5.56. The van der Waals surface area contributed by atoms with Crippen molar-refractivity contribution in [3.63, 3.8) is 0 Å². The number of amides is 2. The maximum atomic E-state index is 13.6. The van der Waals surface area contributed by atoms with E-state index in [-0.39, 0.29) is 23.9 Å². The fourth-order valence-electron chi connectivity index (χ4n) is 3.49. The number of methoxy groups -OCH3 is 3. The number of ether oxygens (including phenoxy) is 3. The van der Waals surface area contributed by atoms with E-state index in [4.69, 9.17) is 14.2 Å². The highest BCUT2D eigenvalue weighted by Gasteiger charge is 2.31. The molecule has 36 heavy (non-hydrogen) atoms. The minimum Gasteiger partial charge on any atom is -0.497 e. The molecule has 2 aromatic rings. The first-order valence-electron chi connectivity index (χ1n) is 11.5. The molecule has 0 aliphatic heterocycles. The molecule has 0 unspecified atom stereocenters. The van der Waals surface area contributed by atoms with Crippen molar-refractivity contribution >= 4 is 27.5 Å². The van der Waals surface area contributed by atoms with Crippen LogP contribution in [0.4, 0.5) is 5.69 Å². The van der Waals surface area contributed by atoms with Gasteiger partial charge < -0.3 is 24.4 Å². The molecule has 0 bridgehead atoms. The number of sulfonamides is 1. The van der Waals surface area contributed by atoms with Gasteiger partial charge in [-0.05, 0) is 43.2 Å². The summed E-state index contributed by atoms with van der Waals surface area (Å²) < 4.78 is 42.3. The average Bonchev–Trinajstić information content (AvgIpc) is 2.87. The SMILES string of the molecule is CCCNC(=O)[C@@H](C)N(Cc1ccc(OC)cc1)C(=O)CN(c1cc(OC)ccc1OC)S(C)(=O)=O. The van der Waals surface area contributed by atoms with Gasteiger partial charge in [-0.15, -0.1) is 0 Å². The van der Waals surface area contributed by atoms with Crippen LogP contribution in [0.25, 0.3) is 0 Å². The third kappa shape index (κ3) is 7.51. The first-order valence-corrected chi connectivity index (χ1v) is 13.3. The van der Waals surface area contributed by atoms with Gasteiger partial charge in [-0.25, -0.2) is 8.42 Å². The van der Waals surface area contributed by atoms with Crippen molar-refractivity contribution in [2.75, 3.05) is 45.0 Å². The number of anilines is 1. The van der Waals surface area contributed by atoms with E-state index in [1.807, 2.05) is 6.92 Å². The van der Waals surface area contributed by atoms with Gasteiger partial charge in [0.1, 0.15) is 29.8 Å². The number of nitrogens with zero attached hydrogens (tertiary/aromatic N) is 2. The molecule has 2 rings (SSSR count). The van der Waals surface area contributed by atoms with E-state index in [2.05, 4.69) is 5.32 Å². The van der Waals surface area contributed by atoms with Crippen LogP contribution < -0.4 is 23.8 Å². The minimum absolute atomic E-state index is 0.0936. The molecule has 198 valence electrons. The Kier molecular flexibility index (Phi) is 10.4. The molecule has 0 aliphatic rings. The molecular weight excluding hydrogens is 486 g/mol. The summed E-state index contributed by atoms with van der Waals surface area (Å²) in [5, 5.41) is 2.80. The maximum absolute atomic E-state index is 13.6. The van der Waals surface area contributed by atoms with Crippen LogP contribution in [-0.4, -0.2) is 71.8 Å². The van der Waals surface area contributed by atoms with E-state index >= 15 is 0 Å². The van der Waals surface area contributed by atoms with E-state index in [9.17, 15) is 18.0 Å². The molecule has 2 aromatic carbocycles. The number of rotatable bonds is 13. The maximum Gasteiger partial charge on any atom is 0.244 e. The van der Waals surface area contributed by atoms with E-state index in [0.717, 1.165) is 22.5 Å². The minimum atomic E-state index is -3.91. The predicted octanol–water partition coefficient (Wildman–Crippen LogP) is 2.42. The molecule has 0 radical (unpaired) electrons. The van der Waals surface area contributed by atoms with Crippen LogP contribution in [0.2, 0.25) is 0 Å². The summed E-state index contributed by atoms with van der Waals surface area (Å²) in [6.07, 6.45) is 1.74. The van der Waals surface area contributed by atoms with Crippen molar-refractivity contribution in [1.82, 2.24) is 10.2 Å². The van der Waals surface area contributed by atoms with Crippen molar-refractivity contribution in [1.29, 1.82) is 0 Å². The van der Waals surface area contributed by atoms with Crippen molar-refractivity contribution in [3.8, 4) is 17.2 Å². The van der Waals surface area contributed by atoms with Crippen LogP contribution in [0.5, 0.6) is 17.2 Å². The molecule has 0 spiro atoms. The Bertz CT molecular complexity index is 1140. The summed E-state index contributed by atoms with van der Waals surface area (Å²) >= 11 is 0. The molecule has 0 saturated carbocycles. The zero-order valence-electron chi connectivity index (χ0n) is 21.6. The Labute approximate surface area is 213 Å². The number of nitrogens with one attached hydrogen (secondary N) is 1. The van der Waals surface area contributed by atoms with Crippen LogP contribution in [0.3, 0.4) is 0 Å². The van der Waals surface area contributed by atoms with Crippen molar-refractivity contribution < 1.29 is 32.2 Å². The lowest BCUT2D eigenvalue weighted by atomic mass is 10.1. The van der Waals surface area contributed by atoms with E-state index in [1.54, 1.807) is 50.4 Å². The third-order valence-corrected chi connectivity index (χ3v) is 6.69. The Morgan fingerprint density at radius 2 is 1.58 bits per heavy atom. The van der Waals surface area contributed by atoms with Gasteiger partial charge >= 0.3 is 0 Å². The van der Waals surface area contributed by atoms with Gasteiger partial charge in [0.2, 0.25) is 21.8 Å². The number of carbonyl (C=O) groups is 2. The van der Waals surface area contributed by atoms with Crippen molar-refractivity contribution in [2.24, 2.45) is 0 Å². The largest absolute Gasteiger partial charge is 0.497 e. The Balaban J connectivity index is 2.45. The van der Waals surface area contributed by atoms with Gasteiger partial charge in [-0.1, -0.05) is 19.1 Å². The summed E-state index contributed by atoms with van der Waals surface area (Å²) in [7, 11) is 0.500. The van der Waals surface area contributed by atoms with Gasteiger partial charge in [-0.3, -0.25) is 13.9 Å². The summed E-state index contributed by atoms with van der Waals surface area (Å²) in [4.78, 5) is 27.8. The van der Waals surface area contributed by atoms with E-state index in [1.165, 1.54) is 25.2 Å². The van der Waals surface area contributed by atoms with Crippen LogP contribution in [0.15, 0.2) is 42.5 Å². The zero-order chi connectivity index (χ0) is 26.9. The van der Waals surface area contributed by atoms with Crippen LogP contribution in [0.1, 0.15) is 25.8 Å². The lowest BCUT2D eigenvalue weighted by Crippen LogP contribution is -2.51. The van der Waals surface area contributed by atoms with Crippen LogP contribution in [-0.2, 0) is 26.2 Å². The van der Waals surface area contributed by atoms with Crippen LogP contribution >= 0.6 is 0 Å². The second-order valence-electron chi connectivity index (χ2n) is 8.14. The molecule has 2 amide bonds. The Morgan fingerprint density at radius 3 is 2.11 bits per heavy atom. The topological polar surface area (TPSA) is 114 Å². The normalized spacial score (nSPS) is 11.8. The molecule has 0 heterocycles. The van der Waals surface area contributed by atoms with Crippen molar-refractivity contribution in [3.05, 3.63) is 48.0 Å². The highest BCUT2D eigenvalue weighted by atomic mass is 32.2. The predicted molar refractivity (Wildman–Crippen MR) is 138 cm³/mol. The number of carbonyl (C=O) groups excluding carboxylic acids is 2. The lowest BCUT2D eigenvalue weighted by molar-refractivity contribution is -0.139. The molecule has 10 nitrogen and oxygen atoms in total. The molecule has 1 N–H and O–H groups in total. The second-order valence-corrected chi connectivity index (χ2v) is 10.1. The second kappa shape index (κ2) is 13.0. The average molecular weight is 522 g/mol. The molecule has 0 aliphatic carbocycles. The quantitative estimate of drug-likeness (QED) is 0.431. The number of hydrogen-bond acceptors (Lipinski definition) is 7. The van der Waals surface area contributed by atoms with Crippen LogP contribution in [0, 0.1) is 0 Å². The molecule has 0 fully saturated rings. The summed E-state index contributed by atoms with van der Waals surface area (Å²) in [6.45, 7) is 3.56. The van der Waals surface area contributed by atoms with Gasteiger partial charge in [0.25, 0.3) is 0 Å².